The third-order valence-corrected chi connectivity index (χ3v) is 7.15. The number of sulfonamides is 1. The first-order chi connectivity index (χ1) is 10.9. The van der Waals surface area contributed by atoms with Crippen LogP contribution < -0.4 is 5.32 Å². The predicted octanol–water partition coefficient (Wildman–Crippen LogP) is 2.42. The Morgan fingerprint density at radius 2 is 1.96 bits per heavy atom. The number of hydrogen-bond acceptors (Lipinski definition) is 4. The molecule has 0 spiro atoms. The van der Waals surface area contributed by atoms with Crippen LogP contribution in [0.1, 0.15) is 33.8 Å². The average Bonchev–Trinajstić information content (AvgIpc) is 3.04. The van der Waals surface area contributed by atoms with Gasteiger partial charge in [-0.25, -0.2) is 8.42 Å². The van der Waals surface area contributed by atoms with Gasteiger partial charge in [0.1, 0.15) is 0 Å². The van der Waals surface area contributed by atoms with Gasteiger partial charge in [0.25, 0.3) is 5.91 Å². The number of thiophene rings is 1. The van der Waals surface area contributed by atoms with E-state index >= 15 is 0 Å². The Bertz CT molecular complexity index is 825. The second-order valence-corrected chi connectivity index (χ2v) is 8.34. The highest BCUT2D eigenvalue weighted by atomic mass is 32.2. The summed E-state index contributed by atoms with van der Waals surface area (Å²) < 4.78 is 27.4. The maximum atomic E-state index is 12.9. The summed E-state index contributed by atoms with van der Waals surface area (Å²) in [5.41, 5.74) is 1.53. The summed E-state index contributed by atoms with van der Waals surface area (Å²) in [6.07, 6.45) is 0.743. The molecular formula is C16H18N2O3S2. The largest absolute Gasteiger partial charge is 0.355 e. The summed E-state index contributed by atoms with van der Waals surface area (Å²) in [5.74, 6) is -0.233. The van der Waals surface area contributed by atoms with Crippen LogP contribution in [0.25, 0.3) is 0 Å². The minimum atomic E-state index is -3.57. The molecule has 0 bridgehead atoms. The SMILES string of the molecule is CNC(=O)c1ccc(S(=O)(=O)N2CCc3sccc3[C@H]2C)cc1. The minimum absolute atomic E-state index is 0.173. The Morgan fingerprint density at radius 3 is 2.61 bits per heavy atom. The molecule has 3 rings (SSSR count). The summed E-state index contributed by atoms with van der Waals surface area (Å²) in [6, 6.07) is 7.90. The molecule has 0 radical (unpaired) electrons. The molecule has 0 saturated heterocycles. The standard InChI is InChI=1S/C16H18N2O3S2/c1-11-14-8-10-22-15(14)7-9-18(11)23(20,21)13-5-3-12(4-6-13)16(19)17-2/h3-6,8,10-11H,7,9H2,1-2H3,(H,17,19)/t11-/m1/s1. The van der Waals surface area contributed by atoms with Crippen LogP contribution in [0.2, 0.25) is 0 Å². The zero-order valence-electron chi connectivity index (χ0n) is 12.9. The van der Waals surface area contributed by atoms with Gasteiger partial charge in [-0.05, 0) is 54.6 Å². The van der Waals surface area contributed by atoms with E-state index < -0.39 is 10.0 Å². The van der Waals surface area contributed by atoms with Crippen molar-refractivity contribution in [1.82, 2.24) is 9.62 Å². The molecule has 1 atom stereocenters. The lowest BCUT2D eigenvalue weighted by Gasteiger charge is -2.32. The highest BCUT2D eigenvalue weighted by molar-refractivity contribution is 7.89. The summed E-state index contributed by atoms with van der Waals surface area (Å²) in [5, 5.41) is 4.53. The van der Waals surface area contributed by atoms with Crippen LogP contribution in [-0.4, -0.2) is 32.2 Å². The van der Waals surface area contributed by atoms with Gasteiger partial charge < -0.3 is 5.32 Å². The van der Waals surface area contributed by atoms with Gasteiger partial charge in [0.2, 0.25) is 10.0 Å². The zero-order chi connectivity index (χ0) is 16.6. The third kappa shape index (κ3) is 2.80. The molecule has 122 valence electrons. The van der Waals surface area contributed by atoms with Crippen molar-refractivity contribution >= 4 is 27.3 Å². The molecule has 1 aliphatic rings. The van der Waals surface area contributed by atoms with Crippen molar-refractivity contribution in [2.24, 2.45) is 0 Å². The molecule has 1 amide bonds. The Balaban J connectivity index is 1.92. The van der Waals surface area contributed by atoms with Gasteiger partial charge in [-0.2, -0.15) is 4.31 Å². The fourth-order valence-corrected chi connectivity index (χ4v) is 5.45. The van der Waals surface area contributed by atoms with E-state index in [0.29, 0.717) is 12.1 Å². The van der Waals surface area contributed by atoms with E-state index in [0.717, 1.165) is 12.0 Å². The fourth-order valence-electron chi connectivity index (χ4n) is 2.87. The van der Waals surface area contributed by atoms with Crippen LogP contribution in [0.4, 0.5) is 0 Å². The Labute approximate surface area is 140 Å². The van der Waals surface area contributed by atoms with Crippen molar-refractivity contribution in [3.8, 4) is 0 Å². The number of rotatable bonds is 3. The van der Waals surface area contributed by atoms with Crippen molar-refractivity contribution in [3.63, 3.8) is 0 Å². The Morgan fingerprint density at radius 1 is 1.26 bits per heavy atom. The molecule has 1 aromatic heterocycles. The van der Waals surface area contributed by atoms with Gasteiger partial charge in [-0.1, -0.05) is 0 Å². The number of benzene rings is 1. The number of carbonyl (C=O) groups is 1. The van der Waals surface area contributed by atoms with E-state index in [4.69, 9.17) is 0 Å². The summed E-state index contributed by atoms with van der Waals surface area (Å²) in [4.78, 5) is 13.0. The van der Waals surface area contributed by atoms with Crippen LogP contribution in [0.15, 0.2) is 40.6 Å². The molecule has 5 nitrogen and oxygen atoms in total. The van der Waals surface area contributed by atoms with E-state index in [9.17, 15) is 13.2 Å². The normalized spacial score (nSPS) is 18.4. The molecule has 0 fully saturated rings. The Hall–Kier alpha value is -1.70. The van der Waals surface area contributed by atoms with Gasteiger partial charge in [-0.15, -0.1) is 11.3 Å². The summed E-state index contributed by atoms with van der Waals surface area (Å²) in [7, 11) is -2.03. The van der Waals surface area contributed by atoms with Crippen molar-refractivity contribution in [2.75, 3.05) is 13.6 Å². The number of hydrogen-bond donors (Lipinski definition) is 1. The van der Waals surface area contributed by atoms with Gasteiger partial charge in [0.05, 0.1) is 4.90 Å². The van der Waals surface area contributed by atoms with Crippen LogP contribution in [0, 0.1) is 0 Å². The van der Waals surface area contributed by atoms with E-state index in [1.54, 1.807) is 18.4 Å². The molecule has 2 aromatic rings. The van der Waals surface area contributed by atoms with Gasteiger partial charge in [0, 0.05) is 30.1 Å². The first-order valence-electron chi connectivity index (χ1n) is 7.35. The zero-order valence-corrected chi connectivity index (χ0v) is 14.6. The maximum Gasteiger partial charge on any atom is 0.251 e. The molecule has 1 aliphatic heterocycles. The molecule has 7 heteroatoms. The first kappa shape index (κ1) is 16.2. The number of fused-ring (bicyclic) bond motifs is 1. The van der Waals surface area contributed by atoms with Crippen molar-refractivity contribution in [3.05, 3.63) is 51.7 Å². The average molecular weight is 350 g/mol. The van der Waals surface area contributed by atoms with Crippen molar-refractivity contribution < 1.29 is 13.2 Å². The number of nitrogens with zero attached hydrogens (tertiary/aromatic N) is 1. The number of nitrogens with one attached hydrogen (secondary N) is 1. The predicted molar refractivity (Wildman–Crippen MR) is 90.2 cm³/mol. The van der Waals surface area contributed by atoms with Crippen LogP contribution in [0.5, 0.6) is 0 Å². The van der Waals surface area contributed by atoms with Gasteiger partial charge in [-0.3, -0.25) is 4.79 Å². The highest BCUT2D eigenvalue weighted by Crippen LogP contribution is 2.36. The topological polar surface area (TPSA) is 66.5 Å². The minimum Gasteiger partial charge on any atom is -0.355 e. The number of amides is 1. The van der Waals surface area contributed by atoms with Crippen LogP contribution >= 0.6 is 11.3 Å². The van der Waals surface area contributed by atoms with Crippen molar-refractivity contribution in [1.29, 1.82) is 0 Å². The van der Waals surface area contributed by atoms with Gasteiger partial charge >= 0.3 is 0 Å². The molecule has 1 aromatic carbocycles. The van der Waals surface area contributed by atoms with Crippen molar-refractivity contribution in [2.45, 2.75) is 24.3 Å². The van der Waals surface area contributed by atoms with E-state index in [-0.39, 0.29) is 16.8 Å². The molecular weight excluding hydrogens is 332 g/mol. The smallest absolute Gasteiger partial charge is 0.251 e. The Kier molecular flexibility index (Phi) is 4.27. The summed E-state index contributed by atoms with van der Waals surface area (Å²) >= 11 is 1.68. The maximum absolute atomic E-state index is 12.9. The second-order valence-electron chi connectivity index (χ2n) is 5.44. The lowest BCUT2D eigenvalue weighted by molar-refractivity contribution is 0.0963. The van der Waals surface area contributed by atoms with E-state index in [1.807, 2.05) is 18.4 Å². The lowest BCUT2D eigenvalue weighted by Crippen LogP contribution is -2.38. The molecule has 0 saturated carbocycles. The molecule has 0 aliphatic carbocycles. The molecule has 2 heterocycles. The van der Waals surface area contributed by atoms with Crippen LogP contribution in [-0.2, 0) is 16.4 Å². The summed E-state index contributed by atoms with van der Waals surface area (Å²) in [6.45, 7) is 2.40. The second kappa shape index (κ2) is 6.07. The monoisotopic (exact) mass is 350 g/mol. The third-order valence-electron chi connectivity index (χ3n) is 4.17. The van der Waals surface area contributed by atoms with Crippen LogP contribution in [0.3, 0.4) is 0 Å². The molecule has 0 unspecified atom stereocenters. The first-order valence-corrected chi connectivity index (χ1v) is 9.67. The quantitative estimate of drug-likeness (QED) is 0.924. The fraction of sp³-hybridized carbons (Fsp3) is 0.312. The van der Waals surface area contributed by atoms with Gasteiger partial charge in [0.15, 0.2) is 0 Å². The van der Waals surface area contributed by atoms with E-state index in [2.05, 4.69) is 5.32 Å². The lowest BCUT2D eigenvalue weighted by atomic mass is 10.0. The highest BCUT2D eigenvalue weighted by Gasteiger charge is 2.34. The molecule has 23 heavy (non-hydrogen) atoms. The van der Waals surface area contributed by atoms with E-state index in [1.165, 1.54) is 33.4 Å². The molecule has 1 N–H and O–H groups in total. The number of carbonyl (C=O) groups excluding carboxylic acids is 1.